The monoisotopic (exact) mass is 706 g/mol. The van der Waals surface area contributed by atoms with Gasteiger partial charge in [-0.3, -0.25) is 0 Å². The van der Waals surface area contributed by atoms with Gasteiger partial charge in [-0.1, -0.05) is 184 Å². The molecule has 0 atom stereocenters. The third kappa shape index (κ3) is 5.14. The summed E-state index contributed by atoms with van der Waals surface area (Å²) >= 11 is 3.91. The van der Waals surface area contributed by atoms with Crippen LogP contribution in [0.2, 0.25) is 12.1 Å². The van der Waals surface area contributed by atoms with Gasteiger partial charge >= 0.3 is 0 Å². The molecular weight excluding hydrogens is 669 g/mol. The van der Waals surface area contributed by atoms with Crippen LogP contribution in [-0.2, 0) is 0 Å². The Bertz CT molecular complexity index is 2390. The first-order valence-corrected chi connectivity index (χ1v) is 22.0. The van der Waals surface area contributed by atoms with Gasteiger partial charge in [0.25, 0.3) is 0 Å². The highest BCUT2D eigenvalue weighted by atomic mass is 32.1. The average molecular weight is 707 g/mol. The summed E-state index contributed by atoms with van der Waals surface area (Å²) in [5, 5.41) is 5.93. The molecule has 8 aromatic rings. The number of thiophene rings is 2. The molecular formula is C48H38S2Si. The lowest BCUT2D eigenvalue weighted by Gasteiger charge is -2.33. The van der Waals surface area contributed by atoms with Crippen molar-refractivity contribution in [2.75, 3.05) is 0 Å². The number of fused-ring (bicyclic) bond motifs is 2. The van der Waals surface area contributed by atoms with Crippen LogP contribution in [0.25, 0.3) is 62.6 Å². The highest BCUT2D eigenvalue weighted by molar-refractivity contribution is 7.25. The van der Waals surface area contributed by atoms with Gasteiger partial charge in [0.1, 0.15) is 8.07 Å². The summed E-state index contributed by atoms with van der Waals surface area (Å²) in [6, 6.07) is 65.4. The van der Waals surface area contributed by atoms with Gasteiger partial charge in [-0.05, 0) is 55.9 Å². The molecule has 0 aliphatic carbocycles. The largest absolute Gasteiger partial charge is 0.135 e. The van der Waals surface area contributed by atoms with Crippen molar-refractivity contribution in [2.24, 2.45) is 0 Å². The van der Waals surface area contributed by atoms with E-state index in [-0.39, 0.29) is 0 Å². The Morgan fingerprint density at radius 3 is 1.04 bits per heavy atom. The minimum Gasteiger partial charge on any atom is -0.135 e. The summed E-state index contributed by atoms with van der Waals surface area (Å²) in [6.07, 6.45) is 0. The Labute approximate surface area is 309 Å². The van der Waals surface area contributed by atoms with E-state index in [1.807, 2.05) is 22.7 Å². The second-order valence-electron chi connectivity index (χ2n) is 13.4. The SMILES string of the molecule is CC[Si]1(CC)C(c2c(-c3ccccc3)sc3ccccc23)=C(c2ccccc2)C(c2ccccc2)=C1c1c(-c2ccccc2)sc2ccccc12. The normalized spacial score (nSPS) is 14.2. The van der Waals surface area contributed by atoms with Crippen molar-refractivity contribution in [3.63, 3.8) is 0 Å². The second kappa shape index (κ2) is 13.2. The van der Waals surface area contributed by atoms with Gasteiger partial charge < -0.3 is 0 Å². The number of hydrogen-bond donors (Lipinski definition) is 0. The van der Waals surface area contributed by atoms with Crippen molar-refractivity contribution in [3.8, 4) is 20.9 Å². The van der Waals surface area contributed by atoms with Crippen LogP contribution in [0.15, 0.2) is 170 Å². The minimum absolute atomic E-state index is 1.11. The molecule has 3 heterocycles. The van der Waals surface area contributed by atoms with Gasteiger partial charge in [0.05, 0.1) is 0 Å². The lowest BCUT2D eigenvalue weighted by atomic mass is 9.88. The molecule has 0 radical (unpaired) electrons. The van der Waals surface area contributed by atoms with E-state index in [0.717, 1.165) is 12.1 Å². The smallest absolute Gasteiger partial charge is 0.121 e. The van der Waals surface area contributed by atoms with E-state index in [2.05, 4.69) is 184 Å². The summed E-state index contributed by atoms with van der Waals surface area (Å²) in [5.74, 6) is 0. The van der Waals surface area contributed by atoms with Crippen LogP contribution in [-0.4, -0.2) is 8.07 Å². The molecule has 0 spiro atoms. The Morgan fingerprint density at radius 2 is 0.686 bits per heavy atom. The number of allylic oxidation sites excluding steroid dienone is 2. The predicted octanol–water partition coefficient (Wildman–Crippen LogP) is 14.6. The van der Waals surface area contributed by atoms with Gasteiger partial charge in [-0.15, -0.1) is 22.7 Å². The van der Waals surface area contributed by atoms with E-state index < -0.39 is 8.07 Å². The van der Waals surface area contributed by atoms with Crippen molar-refractivity contribution in [1.82, 2.24) is 0 Å². The van der Waals surface area contributed by atoms with E-state index in [4.69, 9.17) is 0 Å². The van der Waals surface area contributed by atoms with Crippen molar-refractivity contribution < 1.29 is 0 Å². The van der Waals surface area contributed by atoms with Crippen LogP contribution < -0.4 is 0 Å². The van der Waals surface area contributed by atoms with Crippen LogP contribution in [0.5, 0.6) is 0 Å². The molecule has 0 saturated carbocycles. The molecule has 51 heavy (non-hydrogen) atoms. The number of benzene rings is 6. The zero-order valence-electron chi connectivity index (χ0n) is 28.9. The highest BCUT2D eigenvalue weighted by Gasteiger charge is 2.50. The summed E-state index contributed by atoms with van der Waals surface area (Å²) in [7, 11) is -2.53. The third-order valence-corrected chi connectivity index (χ3v) is 18.6. The van der Waals surface area contributed by atoms with E-state index in [9.17, 15) is 0 Å². The standard InChI is InChI=1S/C48H38S2Si/c1-3-51(4-2)47(43-37-29-17-19-31-39(37)49-45(43)35-25-13-7-14-26-35)41(33-21-9-5-10-22-33)42(34-23-11-6-12-24-34)48(51)44-38-30-18-20-32-40(38)50-46(44)36-27-15-8-16-28-36/h5-32H,3-4H2,1-2H3. The maximum atomic E-state index is 2.49. The van der Waals surface area contributed by atoms with E-state index in [1.54, 1.807) is 10.4 Å². The van der Waals surface area contributed by atoms with Gasteiger partial charge in [0, 0.05) is 41.1 Å². The van der Waals surface area contributed by atoms with Gasteiger partial charge in [0.2, 0.25) is 0 Å². The van der Waals surface area contributed by atoms with Gasteiger partial charge in [-0.25, -0.2) is 0 Å². The Balaban J connectivity index is 1.51. The second-order valence-corrected chi connectivity index (χ2v) is 20.0. The van der Waals surface area contributed by atoms with Gasteiger partial charge in [0.15, 0.2) is 0 Å². The first-order valence-electron chi connectivity index (χ1n) is 18.0. The summed E-state index contributed by atoms with van der Waals surface area (Å²) in [5.41, 5.74) is 10.9. The topological polar surface area (TPSA) is 0 Å². The van der Waals surface area contributed by atoms with Crippen molar-refractivity contribution in [3.05, 3.63) is 192 Å². The minimum atomic E-state index is -2.53. The van der Waals surface area contributed by atoms with Gasteiger partial charge in [-0.2, -0.15) is 0 Å². The fourth-order valence-electron chi connectivity index (χ4n) is 8.50. The quantitative estimate of drug-likeness (QED) is 0.138. The lowest BCUT2D eigenvalue weighted by Crippen LogP contribution is -2.35. The summed E-state index contributed by atoms with van der Waals surface area (Å²) in [4.78, 5) is 2.76. The Morgan fingerprint density at radius 1 is 0.373 bits per heavy atom. The maximum Gasteiger partial charge on any atom is 0.121 e. The molecule has 0 bridgehead atoms. The molecule has 0 fully saturated rings. The van der Waals surface area contributed by atoms with E-state index >= 15 is 0 Å². The lowest BCUT2D eigenvalue weighted by molar-refractivity contribution is 1.30. The Kier molecular flexibility index (Phi) is 8.28. The zero-order chi connectivity index (χ0) is 34.4. The molecule has 0 saturated heterocycles. The van der Waals surface area contributed by atoms with Crippen LogP contribution in [0.3, 0.4) is 0 Å². The highest BCUT2D eigenvalue weighted by Crippen LogP contribution is 2.63. The molecule has 6 aromatic carbocycles. The van der Waals surface area contributed by atoms with E-state index in [0.29, 0.717) is 0 Å². The molecule has 0 N–H and O–H groups in total. The predicted molar refractivity (Wildman–Crippen MR) is 228 cm³/mol. The number of rotatable bonds is 8. The molecule has 0 nitrogen and oxygen atoms in total. The molecule has 1 aliphatic heterocycles. The van der Waals surface area contributed by atoms with Crippen molar-refractivity contribution in [1.29, 1.82) is 0 Å². The molecule has 246 valence electrons. The van der Waals surface area contributed by atoms with Crippen molar-refractivity contribution >= 4 is 72.5 Å². The fraction of sp³-hybridized carbons (Fsp3) is 0.0833. The number of hydrogen-bond acceptors (Lipinski definition) is 2. The zero-order valence-corrected chi connectivity index (χ0v) is 31.5. The fourth-order valence-corrected chi connectivity index (χ4v) is 16.2. The van der Waals surface area contributed by atoms with Crippen LogP contribution in [0.4, 0.5) is 0 Å². The van der Waals surface area contributed by atoms with E-state index in [1.165, 1.54) is 74.5 Å². The molecule has 3 heteroatoms. The van der Waals surface area contributed by atoms with Crippen molar-refractivity contribution in [2.45, 2.75) is 25.9 Å². The molecule has 0 unspecified atom stereocenters. The maximum absolute atomic E-state index is 2.53. The molecule has 2 aromatic heterocycles. The first-order chi connectivity index (χ1) is 25.2. The molecule has 0 amide bonds. The molecule has 1 aliphatic rings. The first kappa shape index (κ1) is 31.9. The third-order valence-electron chi connectivity index (χ3n) is 10.8. The molecule has 9 rings (SSSR count). The van der Waals surface area contributed by atoms with Crippen LogP contribution in [0.1, 0.15) is 36.1 Å². The van der Waals surface area contributed by atoms with Crippen LogP contribution >= 0.6 is 22.7 Å². The van der Waals surface area contributed by atoms with Crippen LogP contribution in [0, 0.1) is 0 Å². The summed E-state index contributed by atoms with van der Waals surface area (Å²) in [6.45, 7) is 4.97. The Hall–Kier alpha value is -5.06. The average Bonchev–Trinajstić information content (AvgIpc) is 3.87. The summed E-state index contributed by atoms with van der Waals surface area (Å²) < 4.78 is 2.70.